The molecule has 0 spiro atoms. The molecule has 1 unspecified atom stereocenters. The predicted octanol–water partition coefficient (Wildman–Crippen LogP) is 2.22. The van der Waals surface area contributed by atoms with Gasteiger partial charge in [0.15, 0.2) is 0 Å². The molecule has 1 saturated heterocycles. The third-order valence-corrected chi connectivity index (χ3v) is 4.43. The van der Waals surface area contributed by atoms with Gasteiger partial charge in [-0.05, 0) is 48.4 Å². The summed E-state index contributed by atoms with van der Waals surface area (Å²) >= 11 is 0. The molecule has 3 nitrogen and oxygen atoms in total. The standard InChI is InChI=1S/C15H18N2O/c18-15(6-8-17(10-15)13-2-3-13)12-1-4-14-11(9-12)5-7-16-14/h1,4-5,7,9,13,16,18H,2-3,6,8,10H2. The van der Waals surface area contributed by atoms with Crippen LogP contribution in [0.2, 0.25) is 0 Å². The molecule has 2 fully saturated rings. The molecule has 4 rings (SSSR count). The summed E-state index contributed by atoms with van der Waals surface area (Å²) in [7, 11) is 0. The number of hydrogen-bond donors (Lipinski definition) is 2. The maximum Gasteiger partial charge on any atom is 0.103 e. The van der Waals surface area contributed by atoms with Crippen molar-refractivity contribution in [2.45, 2.75) is 30.9 Å². The first-order valence-corrected chi connectivity index (χ1v) is 6.79. The number of hydrogen-bond acceptors (Lipinski definition) is 2. The maximum absolute atomic E-state index is 10.9. The van der Waals surface area contributed by atoms with Crippen molar-refractivity contribution in [3.63, 3.8) is 0 Å². The van der Waals surface area contributed by atoms with Crippen LogP contribution in [0.25, 0.3) is 10.9 Å². The molecule has 1 aromatic heterocycles. The van der Waals surface area contributed by atoms with E-state index in [0.29, 0.717) is 0 Å². The lowest BCUT2D eigenvalue weighted by molar-refractivity contribution is 0.0453. The number of nitrogens with one attached hydrogen (secondary N) is 1. The van der Waals surface area contributed by atoms with Crippen LogP contribution in [0.5, 0.6) is 0 Å². The van der Waals surface area contributed by atoms with Gasteiger partial charge >= 0.3 is 0 Å². The molecule has 2 heterocycles. The van der Waals surface area contributed by atoms with Crippen LogP contribution in [0, 0.1) is 0 Å². The molecule has 3 heteroatoms. The van der Waals surface area contributed by atoms with Gasteiger partial charge < -0.3 is 10.1 Å². The number of aromatic nitrogens is 1. The zero-order valence-corrected chi connectivity index (χ0v) is 10.4. The van der Waals surface area contributed by atoms with Crippen LogP contribution in [0.15, 0.2) is 30.5 Å². The van der Waals surface area contributed by atoms with E-state index in [0.717, 1.165) is 36.6 Å². The minimum atomic E-state index is -0.645. The van der Waals surface area contributed by atoms with Gasteiger partial charge in [-0.15, -0.1) is 0 Å². The molecule has 0 bridgehead atoms. The van der Waals surface area contributed by atoms with Crippen molar-refractivity contribution >= 4 is 10.9 Å². The number of β-amino-alcohol motifs (C(OH)–C–C–N with tert-alkyl or cyclic N) is 1. The number of rotatable bonds is 2. The minimum absolute atomic E-state index is 0.645. The fraction of sp³-hybridized carbons (Fsp3) is 0.467. The summed E-state index contributed by atoms with van der Waals surface area (Å²) < 4.78 is 0. The number of likely N-dealkylation sites (tertiary alicyclic amines) is 1. The van der Waals surface area contributed by atoms with Crippen molar-refractivity contribution in [3.05, 3.63) is 36.0 Å². The predicted molar refractivity (Wildman–Crippen MR) is 71.4 cm³/mol. The molecule has 0 radical (unpaired) electrons. The Hall–Kier alpha value is -1.32. The highest BCUT2D eigenvalue weighted by Crippen LogP contribution is 2.38. The first-order chi connectivity index (χ1) is 8.74. The SMILES string of the molecule is OC1(c2ccc3[nH]ccc3c2)CCN(C2CC2)C1. The van der Waals surface area contributed by atoms with Crippen LogP contribution >= 0.6 is 0 Å². The first-order valence-electron chi connectivity index (χ1n) is 6.79. The third-order valence-electron chi connectivity index (χ3n) is 4.43. The molecule has 0 amide bonds. The fourth-order valence-electron chi connectivity index (χ4n) is 3.15. The van der Waals surface area contributed by atoms with Crippen LogP contribution in [-0.4, -0.2) is 34.1 Å². The topological polar surface area (TPSA) is 39.3 Å². The second-order valence-corrected chi connectivity index (χ2v) is 5.76. The van der Waals surface area contributed by atoms with E-state index in [2.05, 4.69) is 34.1 Å². The lowest BCUT2D eigenvalue weighted by Crippen LogP contribution is -2.31. The number of H-pyrrole nitrogens is 1. The summed E-state index contributed by atoms with van der Waals surface area (Å²) in [6.07, 6.45) is 5.43. The lowest BCUT2D eigenvalue weighted by atomic mass is 9.92. The van der Waals surface area contributed by atoms with Gasteiger partial charge in [0.2, 0.25) is 0 Å². The molecule has 1 saturated carbocycles. The van der Waals surface area contributed by atoms with Gasteiger partial charge in [0.1, 0.15) is 5.60 Å². The number of aliphatic hydroxyl groups is 1. The molecule has 18 heavy (non-hydrogen) atoms. The number of aromatic amines is 1. The molecule has 2 aliphatic rings. The summed E-state index contributed by atoms with van der Waals surface area (Å²) in [5.41, 5.74) is 1.56. The van der Waals surface area contributed by atoms with E-state index < -0.39 is 5.60 Å². The van der Waals surface area contributed by atoms with Crippen molar-refractivity contribution in [1.29, 1.82) is 0 Å². The molecule has 1 atom stereocenters. The number of fused-ring (bicyclic) bond motifs is 1. The second-order valence-electron chi connectivity index (χ2n) is 5.76. The average molecular weight is 242 g/mol. The molecule has 1 aliphatic heterocycles. The van der Waals surface area contributed by atoms with Crippen LogP contribution < -0.4 is 0 Å². The molecular formula is C15H18N2O. The zero-order chi connectivity index (χ0) is 12.2. The summed E-state index contributed by atoms with van der Waals surface area (Å²) in [6.45, 7) is 1.83. The van der Waals surface area contributed by atoms with Gasteiger partial charge in [-0.3, -0.25) is 4.90 Å². The monoisotopic (exact) mass is 242 g/mol. The zero-order valence-electron chi connectivity index (χ0n) is 10.4. The lowest BCUT2D eigenvalue weighted by Gasteiger charge is -2.24. The molecule has 1 aromatic carbocycles. The van der Waals surface area contributed by atoms with E-state index >= 15 is 0 Å². The summed E-state index contributed by atoms with van der Waals surface area (Å²) in [5, 5.41) is 12.0. The fourth-order valence-corrected chi connectivity index (χ4v) is 3.15. The Morgan fingerprint density at radius 2 is 2.17 bits per heavy atom. The Bertz CT molecular complexity index is 587. The highest BCUT2D eigenvalue weighted by molar-refractivity contribution is 5.80. The quantitative estimate of drug-likeness (QED) is 0.847. The van der Waals surface area contributed by atoms with Crippen LogP contribution in [0.4, 0.5) is 0 Å². The third kappa shape index (κ3) is 1.58. The first kappa shape index (κ1) is 10.6. The van der Waals surface area contributed by atoms with Crippen LogP contribution in [0.1, 0.15) is 24.8 Å². The van der Waals surface area contributed by atoms with Crippen molar-refractivity contribution in [3.8, 4) is 0 Å². The summed E-state index contributed by atoms with van der Waals surface area (Å²) in [4.78, 5) is 5.64. The number of benzene rings is 1. The van der Waals surface area contributed by atoms with E-state index in [1.807, 2.05) is 6.20 Å². The van der Waals surface area contributed by atoms with Crippen molar-refractivity contribution in [1.82, 2.24) is 9.88 Å². The van der Waals surface area contributed by atoms with Gasteiger partial charge in [0, 0.05) is 30.8 Å². The molecular weight excluding hydrogens is 224 g/mol. The van der Waals surface area contributed by atoms with Crippen molar-refractivity contribution in [2.75, 3.05) is 13.1 Å². The average Bonchev–Trinajstić information content (AvgIpc) is 2.98. The molecule has 2 N–H and O–H groups in total. The second kappa shape index (κ2) is 3.59. The summed E-state index contributed by atoms with van der Waals surface area (Å²) in [6, 6.07) is 9.07. The van der Waals surface area contributed by atoms with Gasteiger partial charge in [0.05, 0.1) is 0 Å². The van der Waals surface area contributed by atoms with Gasteiger partial charge in [-0.2, -0.15) is 0 Å². The molecule has 1 aliphatic carbocycles. The Balaban J connectivity index is 1.68. The maximum atomic E-state index is 10.9. The van der Waals surface area contributed by atoms with Gasteiger partial charge in [-0.25, -0.2) is 0 Å². The van der Waals surface area contributed by atoms with E-state index in [-0.39, 0.29) is 0 Å². The Morgan fingerprint density at radius 3 is 3.00 bits per heavy atom. The number of nitrogens with zero attached hydrogens (tertiary/aromatic N) is 1. The Kier molecular flexibility index (Phi) is 2.11. The van der Waals surface area contributed by atoms with E-state index in [1.54, 1.807) is 0 Å². The van der Waals surface area contributed by atoms with Crippen LogP contribution in [-0.2, 0) is 5.60 Å². The molecule has 94 valence electrons. The summed E-state index contributed by atoms with van der Waals surface area (Å²) in [5.74, 6) is 0. The highest BCUT2D eigenvalue weighted by atomic mass is 16.3. The van der Waals surface area contributed by atoms with Gasteiger partial charge in [0.25, 0.3) is 0 Å². The minimum Gasteiger partial charge on any atom is -0.384 e. The smallest absolute Gasteiger partial charge is 0.103 e. The Morgan fingerprint density at radius 1 is 1.28 bits per heavy atom. The van der Waals surface area contributed by atoms with Crippen molar-refractivity contribution < 1.29 is 5.11 Å². The van der Waals surface area contributed by atoms with Gasteiger partial charge in [-0.1, -0.05) is 6.07 Å². The largest absolute Gasteiger partial charge is 0.384 e. The van der Waals surface area contributed by atoms with Crippen LogP contribution in [0.3, 0.4) is 0 Å². The highest BCUT2D eigenvalue weighted by Gasteiger charge is 2.42. The normalized spacial score (nSPS) is 29.2. The molecule has 2 aromatic rings. The van der Waals surface area contributed by atoms with E-state index in [9.17, 15) is 5.11 Å². The van der Waals surface area contributed by atoms with E-state index in [1.165, 1.54) is 18.2 Å². The van der Waals surface area contributed by atoms with Crippen molar-refractivity contribution in [2.24, 2.45) is 0 Å². The van der Waals surface area contributed by atoms with E-state index in [4.69, 9.17) is 0 Å². The Labute approximate surface area is 106 Å².